The molecule has 0 aromatic carbocycles. The second kappa shape index (κ2) is 5.42. The van der Waals surface area contributed by atoms with Gasteiger partial charge in [-0.1, -0.05) is 13.8 Å². The van der Waals surface area contributed by atoms with E-state index in [0.29, 0.717) is 5.92 Å². The number of rotatable bonds is 3. The number of carbonyl (C=O) groups excluding carboxylic acids is 1. The molecule has 1 atom stereocenters. The molecule has 1 fully saturated rings. The maximum absolute atomic E-state index is 12.1. The average molecular weight is 219 g/mol. The molecule has 0 aromatic rings. The van der Waals surface area contributed by atoms with Gasteiger partial charge < -0.3 is 4.90 Å². The molecule has 0 N–H and O–H groups in total. The molecule has 4 heteroatoms. The van der Waals surface area contributed by atoms with Crippen LogP contribution in [0.4, 0.5) is 8.78 Å². The van der Waals surface area contributed by atoms with Crippen molar-refractivity contribution in [2.75, 3.05) is 13.1 Å². The number of nitrogens with zero attached hydrogens (tertiary/aromatic N) is 1. The zero-order chi connectivity index (χ0) is 11.4. The summed E-state index contributed by atoms with van der Waals surface area (Å²) in [6, 6.07) is 0. The van der Waals surface area contributed by atoms with Gasteiger partial charge in [-0.25, -0.2) is 8.78 Å². The predicted molar refractivity (Wildman–Crippen MR) is 54.8 cm³/mol. The van der Waals surface area contributed by atoms with E-state index in [2.05, 4.69) is 6.92 Å². The van der Waals surface area contributed by atoms with E-state index in [-0.39, 0.29) is 12.3 Å². The number of halogens is 2. The Balaban J connectivity index is 2.39. The Morgan fingerprint density at radius 2 is 1.93 bits per heavy atom. The van der Waals surface area contributed by atoms with Crippen molar-refractivity contribution >= 4 is 5.91 Å². The van der Waals surface area contributed by atoms with Crippen molar-refractivity contribution in [1.29, 1.82) is 0 Å². The molecule has 1 aliphatic heterocycles. The van der Waals surface area contributed by atoms with E-state index in [1.165, 1.54) is 0 Å². The van der Waals surface area contributed by atoms with Crippen molar-refractivity contribution in [3.63, 3.8) is 0 Å². The first-order valence-electron chi connectivity index (χ1n) is 5.57. The first kappa shape index (κ1) is 12.4. The molecule has 0 unspecified atom stereocenters. The van der Waals surface area contributed by atoms with Crippen molar-refractivity contribution in [1.82, 2.24) is 4.90 Å². The van der Waals surface area contributed by atoms with E-state index in [4.69, 9.17) is 0 Å². The Labute approximate surface area is 89.6 Å². The molecule has 15 heavy (non-hydrogen) atoms. The quantitative estimate of drug-likeness (QED) is 0.714. The zero-order valence-electron chi connectivity index (χ0n) is 9.38. The lowest BCUT2D eigenvalue weighted by Crippen LogP contribution is -2.41. The largest absolute Gasteiger partial charge is 0.342 e. The fraction of sp³-hybridized carbons (Fsp3) is 0.909. The summed E-state index contributed by atoms with van der Waals surface area (Å²) in [6.07, 6.45) is -0.710. The van der Waals surface area contributed by atoms with Gasteiger partial charge in [0.25, 0.3) is 0 Å². The van der Waals surface area contributed by atoms with Gasteiger partial charge in [-0.15, -0.1) is 0 Å². The Hall–Kier alpha value is -0.670. The zero-order valence-corrected chi connectivity index (χ0v) is 9.38. The van der Waals surface area contributed by atoms with Crippen LogP contribution < -0.4 is 0 Å². The van der Waals surface area contributed by atoms with E-state index >= 15 is 0 Å². The Morgan fingerprint density at radius 1 is 1.40 bits per heavy atom. The van der Waals surface area contributed by atoms with Gasteiger partial charge in [0.15, 0.2) is 0 Å². The summed E-state index contributed by atoms with van der Waals surface area (Å²) in [5.41, 5.74) is 0. The number of piperidine rings is 1. The molecule has 1 saturated heterocycles. The van der Waals surface area contributed by atoms with Crippen LogP contribution in [0.25, 0.3) is 0 Å². The highest BCUT2D eigenvalue weighted by molar-refractivity contribution is 5.78. The molecule has 1 heterocycles. The molecule has 1 amide bonds. The molecule has 0 aliphatic carbocycles. The first-order valence-corrected chi connectivity index (χ1v) is 5.57. The third-order valence-corrected chi connectivity index (χ3v) is 3.05. The number of hydrogen-bond donors (Lipinski definition) is 0. The topological polar surface area (TPSA) is 20.3 Å². The second-order valence-corrected chi connectivity index (χ2v) is 4.54. The lowest BCUT2D eigenvalue weighted by molar-refractivity contribution is -0.137. The summed E-state index contributed by atoms with van der Waals surface area (Å²) in [5, 5.41) is 0. The predicted octanol–water partition coefficient (Wildman–Crippen LogP) is 2.54. The van der Waals surface area contributed by atoms with Crippen LogP contribution in [0.1, 0.15) is 33.1 Å². The van der Waals surface area contributed by atoms with Gasteiger partial charge in [-0.3, -0.25) is 4.79 Å². The van der Waals surface area contributed by atoms with Gasteiger partial charge in [0, 0.05) is 25.4 Å². The second-order valence-electron chi connectivity index (χ2n) is 4.54. The molecule has 0 radical (unpaired) electrons. The van der Waals surface area contributed by atoms with Crippen molar-refractivity contribution in [3.05, 3.63) is 0 Å². The molecule has 1 aliphatic rings. The maximum atomic E-state index is 12.1. The van der Waals surface area contributed by atoms with E-state index in [1.54, 1.807) is 11.8 Å². The highest BCUT2D eigenvalue weighted by Crippen LogP contribution is 2.20. The van der Waals surface area contributed by atoms with E-state index in [9.17, 15) is 13.6 Å². The Morgan fingerprint density at radius 3 is 2.40 bits per heavy atom. The number of hydrogen-bond acceptors (Lipinski definition) is 1. The van der Waals surface area contributed by atoms with E-state index in [1.807, 2.05) is 0 Å². The van der Waals surface area contributed by atoms with Crippen molar-refractivity contribution in [3.8, 4) is 0 Å². The molecular weight excluding hydrogens is 200 g/mol. The average Bonchev–Trinajstić information content (AvgIpc) is 2.17. The third-order valence-electron chi connectivity index (χ3n) is 3.05. The monoisotopic (exact) mass is 219 g/mol. The van der Waals surface area contributed by atoms with Gasteiger partial charge in [0.05, 0.1) is 0 Å². The van der Waals surface area contributed by atoms with Gasteiger partial charge >= 0.3 is 0 Å². The third kappa shape index (κ3) is 3.76. The minimum absolute atomic E-state index is 0.109. The van der Waals surface area contributed by atoms with Crippen LogP contribution in [0.15, 0.2) is 0 Å². The molecule has 0 bridgehead atoms. The van der Waals surface area contributed by atoms with Crippen LogP contribution in [0, 0.1) is 11.8 Å². The lowest BCUT2D eigenvalue weighted by Gasteiger charge is -2.32. The van der Waals surface area contributed by atoms with Crippen molar-refractivity contribution < 1.29 is 13.6 Å². The summed E-state index contributed by atoms with van der Waals surface area (Å²) in [7, 11) is 0. The fourth-order valence-electron chi connectivity index (χ4n) is 1.91. The van der Waals surface area contributed by atoms with Crippen LogP contribution in [0.2, 0.25) is 0 Å². The summed E-state index contributed by atoms with van der Waals surface area (Å²) in [6.45, 7) is 5.21. The highest BCUT2D eigenvalue weighted by atomic mass is 19.3. The summed E-state index contributed by atoms with van der Waals surface area (Å²) >= 11 is 0. The smallest absolute Gasteiger partial charge is 0.239 e. The fourth-order valence-corrected chi connectivity index (χ4v) is 1.91. The summed E-state index contributed by atoms with van der Waals surface area (Å²) in [5.74, 6) is 0.0000565. The summed E-state index contributed by atoms with van der Waals surface area (Å²) < 4.78 is 24.2. The number of amides is 1. The molecule has 1 rings (SSSR count). The van der Waals surface area contributed by atoms with Gasteiger partial charge in [-0.2, -0.15) is 0 Å². The van der Waals surface area contributed by atoms with Gasteiger partial charge in [0.2, 0.25) is 12.3 Å². The van der Waals surface area contributed by atoms with E-state index in [0.717, 1.165) is 25.9 Å². The van der Waals surface area contributed by atoms with Crippen molar-refractivity contribution in [2.24, 2.45) is 11.8 Å². The first-order chi connectivity index (χ1) is 7.00. The van der Waals surface area contributed by atoms with Crippen LogP contribution in [-0.4, -0.2) is 30.3 Å². The Kier molecular flexibility index (Phi) is 4.48. The lowest BCUT2D eigenvalue weighted by atomic mass is 9.97. The Bertz CT molecular complexity index is 213. The number of alkyl halides is 2. The molecule has 0 spiro atoms. The highest BCUT2D eigenvalue weighted by Gasteiger charge is 2.26. The molecule has 0 aromatic heterocycles. The summed E-state index contributed by atoms with van der Waals surface area (Å²) in [4.78, 5) is 13.5. The number of likely N-dealkylation sites (tertiary alicyclic amines) is 1. The number of carbonyl (C=O) groups is 1. The normalized spacial score (nSPS) is 20.7. The van der Waals surface area contributed by atoms with Crippen molar-refractivity contribution in [2.45, 2.75) is 39.5 Å². The minimum atomic E-state index is -2.38. The minimum Gasteiger partial charge on any atom is -0.342 e. The van der Waals surface area contributed by atoms with Crippen LogP contribution in [-0.2, 0) is 4.79 Å². The SMILES string of the molecule is CC1CCN(C(=O)[C@H](C)CC(F)F)CC1. The van der Waals surface area contributed by atoms with Gasteiger partial charge in [-0.05, 0) is 18.8 Å². The maximum Gasteiger partial charge on any atom is 0.239 e. The molecular formula is C11H19F2NO. The molecule has 2 nitrogen and oxygen atoms in total. The standard InChI is InChI=1S/C11H19F2NO/c1-8-3-5-14(6-4-8)11(15)9(2)7-10(12)13/h8-10H,3-7H2,1-2H3/t9-/m1/s1. The molecule has 0 saturated carbocycles. The van der Waals surface area contributed by atoms with Crippen LogP contribution in [0.5, 0.6) is 0 Å². The van der Waals surface area contributed by atoms with Gasteiger partial charge in [0.1, 0.15) is 0 Å². The molecule has 88 valence electrons. The van der Waals surface area contributed by atoms with Crippen LogP contribution >= 0.6 is 0 Å². The van der Waals surface area contributed by atoms with E-state index < -0.39 is 12.3 Å². The van der Waals surface area contributed by atoms with Crippen LogP contribution in [0.3, 0.4) is 0 Å².